The highest BCUT2D eigenvalue weighted by atomic mass is 16.2. The fraction of sp³-hybridized carbons (Fsp3) is 0.286. The van der Waals surface area contributed by atoms with E-state index in [1.165, 1.54) is 0 Å². The number of hydrogen-bond acceptors (Lipinski definition) is 2. The van der Waals surface area contributed by atoms with Crippen molar-refractivity contribution in [2.75, 3.05) is 6.54 Å². The van der Waals surface area contributed by atoms with Crippen LogP contribution in [-0.2, 0) is 0 Å². The summed E-state index contributed by atoms with van der Waals surface area (Å²) in [5.74, 6) is -0.391. The Balaban J connectivity index is 2.81. The molecule has 0 fully saturated rings. The second kappa shape index (κ2) is 6.59. The molecule has 0 bridgehead atoms. The van der Waals surface area contributed by atoms with E-state index >= 15 is 0 Å². The van der Waals surface area contributed by atoms with Gasteiger partial charge in [0.2, 0.25) is 0 Å². The Kier molecular flexibility index (Phi) is 5.11. The zero-order valence-electron chi connectivity index (χ0n) is 10.7. The predicted molar refractivity (Wildman–Crippen MR) is 71.6 cm³/mol. The standard InChI is InChI=1S/C14H18N2O2/c1-4-8-15-13(17)11-6-5-7-12(9-11)14(18)16-10(2)3/h4-7,9-10H,1,8H2,2-3H3,(H,15,17)(H,16,18). The molecule has 96 valence electrons. The van der Waals surface area contributed by atoms with Crippen molar-refractivity contribution in [3.05, 3.63) is 48.0 Å². The Morgan fingerprint density at radius 2 is 1.89 bits per heavy atom. The summed E-state index contributed by atoms with van der Waals surface area (Å²) in [5.41, 5.74) is 0.947. The lowest BCUT2D eigenvalue weighted by Crippen LogP contribution is -2.30. The van der Waals surface area contributed by atoms with Gasteiger partial charge in [-0.2, -0.15) is 0 Å². The van der Waals surface area contributed by atoms with Crippen LogP contribution in [0, 0.1) is 0 Å². The van der Waals surface area contributed by atoms with Gasteiger partial charge in [-0.25, -0.2) is 0 Å². The van der Waals surface area contributed by atoms with Gasteiger partial charge in [0.15, 0.2) is 0 Å². The molecule has 4 heteroatoms. The van der Waals surface area contributed by atoms with Gasteiger partial charge in [-0.1, -0.05) is 12.1 Å². The first kappa shape index (κ1) is 14.0. The number of benzene rings is 1. The number of amides is 2. The molecule has 0 aliphatic rings. The van der Waals surface area contributed by atoms with Crippen LogP contribution in [0.15, 0.2) is 36.9 Å². The average molecular weight is 246 g/mol. The molecule has 1 aromatic rings. The lowest BCUT2D eigenvalue weighted by Gasteiger charge is -2.09. The van der Waals surface area contributed by atoms with Crippen LogP contribution in [0.25, 0.3) is 0 Å². The largest absolute Gasteiger partial charge is 0.350 e. The molecular weight excluding hydrogens is 228 g/mol. The van der Waals surface area contributed by atoms with Crippen LogP contribution in [0.5, 0.6) is 0 Å². The van der Waals surface area contributed by atoms with E-state index in [0.717, 1.165) is 0 Å². The zero-order chi connectivity index (χ0) is 13.5. The molecule has 4 nitrogen and oxygen atoms in total. The molecule has 0 aliphatic heterocycles. The highest BCUT2D eigenvalue weighted by Crippen LogP contribution is 2.05. The summed E-state index contributed by atoms with van der Waals surface area (Å²) in [4.78, 5) is 23.5. The molecule has 0 radical (unpaired) electrons. The van der Waals surface area contributed by atoms with Crippen LogP contribution in [0.4, 0.5) is 0 Å². The molecule has 0 unspecified atom stereocenters. The molecule has 0 spiro atoms. The first-order chi connectivity index (χ1) is 8.54. The summed E-state index contributed by atoms with van der Waals surface area (Å²) in [6.07, 6.45) is 1.60. The quantitative estimate of drug-likeness (QED) is 0.777. The third-order valence-corrected chi connectivity index (χ3v) is 2.21. The topological polar surface area (TPSA) is 58.2 Å². The highest BCUT2D eigenvalue weighted by Gasteiger charge is 2.10. The van der Waals surface area contributed by atoms with Crippen molar-refractivity contribution in [1.82, 2.24) is 10.6 Å². The highest BCUT2D eigenvalue weighted by molar-refractivity contribution is 5.99. The summed E-state index contributed by atoms with van der Waals surface area (Å²) in [6, 6.07) is 6.69. The molecule has 0 aromatic heterocycles. The summed E-state index contributed by atoms with van der Waals surface area (Å²) in [5, 5.41) is 5.45. The van der Waals surface area contributed by atoms with Crippen molar-refractivity contribution in [3.63, 3.8) is 0 Å². The smallest absolute Gasteiger partial charge is 0.251 e. The van der Waals surface area contributed by atoms with Gasteiger partial charge in [-0.15, -0.1) is 6.58 Å². The summed E-state index contributed by atoms with van der Waals surface area (Å²) in [6.45, 7) is 7.70. The van der Waals surface area contributed by atoms with Crippen molar-refractivity contribution in [1.29, 1.82) is 0 Å². The molecular formula is C14H18N2O2. The summed E-state index contributed by atoms with van der Waals surface area (Å²) in [7, 11) is 0. The Labute approximate surface area is 107 Å². The molecule has 1 rings (SSSR count). The van der Waals surface area contributed by atoms with Crippen molar-refractivity contribution in [2.24, 2.45) is 0 Å². The molecule has 0 saturated carbocycles. The van der Waals surface area contributed by atoms with Gasteiger partial charge in [0.05, 0.1) is 0 Å². The molecule has 0 aliphatic carbocycles. The van der Waals surface area contributed by atoms with Crippen molar-refractivity contribution >= 4 is 11.8 Å². The fourth-order valence-corrected chi connectivity index (χ4v) is 1.41. The van der Waals surface area contributed by atoms with E-state index in [4.69, 9.17) is 0 Å². The van der Waals surface area contributed by atoms with Gasteiger partial charge in [-0.3, -0.25) is 9.59 Å². The van der Waals surface area contributed by atoms with E-state index in [2.05, 4.69) is 17.2 Å². The number of carbonyl (C=O) groups is 2. The summed E-state index contributed by atoms with van der Waals surface area (Å²) >= 11 is 0. The van der Waals surface area contributed by atoms with Gasteiger partial charge < -0.3 is 10.6 Å². The number of nitrogens with one attached hydrogen (secondary N) is 2. The van der Waals surface area contributed by atoms with Crippen LogP contribution in [-0.4, -0.2) is 24.4 Å². The maximum absolute atomic E-state index is 11.8. The van der Waals surface area contributed by atoms with Gasteiger partial charge in [0.1, 0.15) is 0 Å². The van der Waals surface area contributed by atoms with E-state index in [0.29, 0.717) is 17.7 Å². The Morgan fingerprint density at radius 3 is 2.44 bits per heavy atom. The molecule has 18 heavy (non-hydrogen) atoms. The Hall–Kier alpha value is -2.10. The van der Waals surface area contributed by atoms with Crippen LogP contribution in [0.2, 0.25) is 0 Å². The van der Waals surface area contributed by atoms with Gasteiger partial charge in [-0.05, 0) is 32.0 Å². The molecule has 0 atom stereocenters. The van der Waals surface area contributed by atoms with Gasteiger partial charge in [0.25, 0.3) is 11.8 Å². The SMILES string of the molecule is C=CCNC(=O)c1cccc(C(=O)NC(C)C)c1. The second-order valence-corrected chi connectivity index (χ2v) is 4.21. The molecule has 0 saturated heterocycles. The third kappa shape index (κ3) is 4.05. The maximum Gasteiger partial charge on any atom is 0.251 e. The van der Waals surface area contributed by atoms with Crippen LogP contribution in [0.1, 0.15) is 34.6 Å². The molecule has 2 amide bonds. The lowest BCUT2D eigenvalue weighted by atomic mass is 10.1. The normalized spacial score (nSPS) is 9.94. The first-order valence-corrected chi connectivity index (χ1v) is 5.84. The van der Waals surface area contributed by atoms with E-state index in [-0.39, 0.29) is 17.9 Å². The van der Waals surface area contributed by atoms with E-state index in [9.17, 15) is 9.59 Å². The van der Waals surface area contributed by atoms with Gasteiger partial charge in [0, 0.05) is 23.7 Å². The molecule has 0 heterocycles. The monoisotopic (exact) mass is 246 g/mol. The Bertz CT molecular complexity index is 453. The van der Waals surface area contributed by atoms with Crippen molar-refractivity contribution in [2.45, 2.75) is 19.9 Å². The Morgan fingerprint density at radius 1 is 1.28 bits per heavy atom. The number of carbonyl (C=O) groups excluding carboxylic acids is 2. The number of rotatable bonds is 5. The molecule has 1 aromatic carbocycles. The minimum absolute atomic E-state index is 0.0655. The average Bonchev–Trinajstić information content (AvgIpc) is 2.35. The zero-order valence-corrected chi connectivity index (χ0v) is 10.7. The second-order valence-electron chi connectivity index (χ2n) is 4.21. The van der Waals surface area contributed by atoms with E-state index in [1.54, 1.807) is 30.3 Å². The van der Waals surface area contributed by atoms with Crippen molar-refractivity contribution < 1.29 is 9.59 Å². The number of hydrogen-bond donors (Lipinski definition) is 2. The minimum Gasteiger partial charge on any atom is -0.350 e. The van der Waals surface area contributed by atoms with Crippen LogP contribution in [0.3, 0.4) is 0 Å². The van der Waals surface area contributed by atoms with Crippen molar-refractivity contribution in [3.8, 4) is 0 Å². The van der Waals surface area contributed by atoms with E-state index in [1.807, 2.05) is 13.8 Å². The minimum atomic E-state index is -0.214. The van der Waals surface area contributed by atoms with Crippen LogP contribution < -0.4 is 10.6 Å². The fourth-order valence-electron chi connectivity index (χ4n) is 1.41. The predicted octanol–water partition coefficient (Wildman–Crippen LogP) is 1.74. The first-order valence-electron chi connectivity index (χ1n) is 5.84. The molecule has 2 N–H and O–H groups in total. The van der Waals surface area contributed by atoms with Gasteiger partial charge >= 0.3 is 0 Å². The van der Waals surface area contributed by atoms with E-state index < -0.39 is 0 Å². The maximum atomic E-state index is 11.8. The lowest BCUT2D eigenvalue weighted by molar-refractivity contribution is 0.0943. The summed E-state index contributed by atoms with van der Waals surface area (Å²) < 4.78 is 0. The third-order valence-electron chi connectivity index (χ3n) is 2.21. The van der Waals surface area contributed by atoms with Crippen LogP contribution >= 0.6 is 0 Å².